The largest absolute Gasteiger partial charge is 0.271 e. The average molecular weight is 350 g/mol. The molecule has 0 fully saturated rings. The molecule has 1 heterocycles. The minimum atomic E-state index is -0.395. The van der Waals surface area contributed by atoms with E-state index in [1.165, 1.54) is 24.3 Å². The number of carbonyl (C=O) groups is 1. The smallest absolute Gasteiger partial charge is 0.267 e. The van der Waals surface area contributed by atoms with Crippen LogP contribution in [0.25, 0.3) is 0 Å². The number of amides is 1. The predicted octanol–water partition coefficient (Wildman–Crippen LogP) is 3.45. The molecule has 3 aromatic rings. The molecule has 132 valence electrons. The van der Waals surface area contributed by atoms with Crippen molar-refractivity contribution in [3.8, 4) is 0 Å². The number of hydrogen-bond donors (Lipinski definition) is 1. The van der Waals surface area contributed by atoms with E-state index in [2.05, 4.69) is 15.6 Å². The Morgan fingerprint density at radius 3 is 2.54 bits per heavy atom. The quantitative estimate of drug-likeness (QED) is 0.566. The molecule has 5 nitrogen and oxygen atoms in total. The number of nitrogens with zero attached hydrogens (tertiary/aromatic N) is 3. The van der Waals surface area contributed by atoms with Gasteiger partial charge in [0.1, 0.15) is 5.82 Å². The number of hydrogen-bond acceptors (Lipinski definition) is 3. The molecule has 0 saturated heterocycles. The van der Waals surface area contributed by atoms with E-state index in [4.69, 9.17) is 0 Å². The van der Waals surface area contributed by atoms with Crippen molar-refractivity contribution < 1.29 is 9.18 Å². The van der Waals surface area contributed by atoms with Crippen LogP contribution in [-0.2, 0) is 6.54 Å². The Labute approximate surface area is 151 Å². The Balaban J connectivity index is 1.70. The van der Waals surface area contributed by atoms with Gasteiger partial charge >= 0.3 is 0 Å². The first-order valence-corrected chi connectivity index (χ1v) is 8.21. The van der Waals surface area contributed by atoms with Crippen molar-refractivity contribution >= 4 is 12.1 Å². The fourth-order valence-corrected chi connectivity index (χ4v) is 2.63. The third-order valence-corrected chi connectivity index (χ3v) is 4.08. The third kappa shape index (κ3) is 4.03. The van der Waals surface area contributed by atoms with E-state index in [-0.39, 0.29) is 5.82 Å². The molecule has 0 atom stereocenters. The first-order valence-electron chi connectivity index (χ1n) is 8.21. The summed E-state index contributed by atoms with van der Waals surface area (Å²) >= 11 is 0. The minimum absolute atomic E-state index is 0.344. The van der Waals surface area contributed by atoms with Crippen LogP contribution in [0.3, 0.4) is 0 Å². The van der Waals surface area contributed by atoms with Gasteiger partial charge in [0.2, 0.25) is 0 Å². The van der Waals surface area contributed by atoms with Gasteiger partial charge in [-0.15, -0.1) is 0 Å². The number of carbonyl (C=O) groups excluding carboxylic acids is 1. The molecule has 0 spiro atoms. The van der Waals surface area contributed by atoms with Gasteiger partial charge in [0.15, 0.2) is 0 Å². The van der Waals surface area contributed by atoms with Crippen LogP contribution in [0.15, 0.2) is 59.7 Å². The van der Waals surface area contributed by atoms with Gasteiger partial charge in [0, 0.05) is 16.8 Å². The fourth-order valence-electron chi connectivity index (χ4n) is 2.63. The SMILES string of the molecule is Cc1nn(Cc2ccccc2)c(C)c1/C=N/NC(=O)c1ccc(F)cc1. The summed E-state index contributed by atoms with van der Waals surface area (Å²) < 4.78 is 14.8. The van der Waals surface area contributed by atoms with Crippen LogP contribution < -0.4 is 5.43 Å². The van der Waals surface area contributed by atoms with Gasteiger partial charge in [-0.05, 0) is 43.7 Å². The third-order valence-electron chi connectivity index (χ3n) is 4.08. The standard InChI is InChI=1S/C20H19FN4O/c1-14-19(12-22-23-20(26)17-8-10-18(21)11-9-17)15(2)25(24-14)13-16-6-4-3-5-7-16/h3-12H,13H2,1-2H3,(H,23,26)/b22-12+. The number of benzene rings is 2. The molecule has 3 rings (SSSR count). The molecule has 0 saturated carbocycles. The summed E-state index contributed by atoms with van der Waals surface area (Å²) in [5.41, 5.74) is 6.61. The Hall–Kier alpha value is -3.28. The van der Waals surface area contributed by atoms with Gasteiger partial charge in [-0.2, -0.15) is 10.2 Å². The maximum absolute atomic E-state index is 12.9. The summed E-state index contributed by atoms with van der Waals surface area (Å²) in [6.45, 7) is 4.53. The molecule has 1 N–H and O–H groups in total. The number of rotatable bonds is 5. The zero-order chi connectivity index (χ0) is 18.5. The zero-order valence-corrected chi connectivity index (χ0v) is 14.6. The molecule has 1 amide bonds. The molecule has 0 aliphatic carbocycles. The molecular weight excluding hydrogens is 331 g/mol. The molecule has 6 heteroatoms. The van der Waals surface area contributed by atoms with Gasteiger partial charge in [0.05, 0.1) is 18.5 Å². The van der Waals surface area contributed by atoms with Crippen LogP contribution in [0.5, 0.6) is 0 Å². The summed E-state index contributed by atoms with van der Waals surface area (Å²) in [4.78, 5) is 12.0. The van der Waals surface area contributed by atoms with E-state index < -0.39 is 5.91 Å². The second kappa shape index (κ2) is 7.74. The Bertz CT molecular complexity index is 930. The van der Waals surface area contributed by atoms with Crippen molar-refractivity contribution in [2.45, 2.75) is 20.4 Å². The zero-order valence-electron chi connectivity index (χ0n) is 14.6. The van der Waals surface area contributed by atoms with Gasteiger partial charge < -0.3 is 0 Å². The maximum Gasteiger partial charge on any atom is 0.271 e. The van der Waals surface area contributed by atoms with Gasteiger partial charge in [-0.25, -0.2) is 9.82 Å². The molecular formula is C20H19FN4O. The van der Waals surface area contributed by atoms with Crippen LogP contribution in [0.1, 0.15) is 32.9 Å². The Morgan fingerprint density at radius 2 is 1.85 bits per heavy atom. The van der Waals surface area contributed by atoms with Crippen LogP contribution in [0, 0.1) is 19.7 Å². The number of nitrogens with one attached hydrogen (secondary N) is 1. The van der Waals surface area contributed by atoms with Gasteiger partial charge in [0.25, 0.3) is 5.91 Å². The fraction of sp³-hybridized carbons (Fsp3) is 0.150. The lowest BCUT2D eigenvalue weighted by Gasteiger charge is -2.04. The molecule has 0 radical (unpaired) electrons. The molecule has 0 aliphatic heterocycles. The van der Waals surface area contributed by atoms with Crippen molar-refractivity contribution in [2.75, 3.05) is 0 Å². The molecule has 26 heavy (non-hydrogen) atoms. The van der Waals surface area contributed by atoms with E-state index in [9.17, 15) is 9.18 Å². The van der Waals surface area contributed by atoms with Crippen molar-refractivity contribution in [1.29, 1.82) is 0 Å². The first kappa shape index (κ1) is 17.5. The van der Waals surface area contributed by atoms with E-state index in [0.29, 0.717) is 12.1 Å². The number of aromatic nitrogens is 2. The van der Waals surface area contributed by atoms with Crippen molar-refractivity contribution in [2.24, 2.45) is 5.10 Å². The normalized spacial score (nSPS) is 11.0. The minimum Gasteiger partial charge on any atom is -0.267 e. The molecule has 1 aromatic heterocycles. The van der Waals surface area contributed by atoms with Crippen LogP contribution in [0.4, 0.5) is 4.39 Å². The topological polar surface area (TPSA) is 59.3 Å². The number of halogens is 1. The summed E-state index contributed by atoms with van der Waals surface area (Å²) in [6, 6.07) is 15.4. The Kier molecular flexibility index (Phi) is 5.22. The summed E-state index contributed by atoms with van der Waals surface area (Å²) in [5.74, 6) is -0.782. The maximum atomic E-state index is 12.9. The average Bonchev–Trinajstić information content (AvgIpc) is 2.90. The second-order valence-corrected chi connectivity index (χ2v) is 5.93. The van der Waals surface area contributed by atoms with E-state index in [1.54, 1.807) is 6.21 Å². The lowest BCUT2D eigenvalue weighted by atomic mass is 10.2. The monoisotopic (exact) mass is 350 g/mol. The van der Waals surface area contributed by atoms with E-state index in [0.717, 1.165) is 22.5 Å². The summed E-state index contributed by atoms with van der Waals surface area (Å²) in [7, 11) is 0. The van der Waals surface area contributed by atoms with Crippen LogP contribution in [0.2, 0.25) is 0 Å². The lowest BCUT2D eigenvalue weighted by Crippen LogP contribution is -2.17. The lowest BCUT2D eigenvalue weighted by molar-refractivity contribution is 0.0955. The van der Waals surface area contributed by atoms with Gasteiger partial charge in [-0.1, -0.05) is 30.3 Å². The highest BCUT2D eigenvalue weighted by Gasteiger charge is 2.10. The molecule has 2 aromatic carbocycles. The Morgan fingerprint density at radius 1 is 1.15 bits per heavy atom. The van der Waals surface area contributed by atoms with Crippen molar-refractivity contribution in [3.63, 3.8) is 0 Å². The van der Waals surface area contributed by atoms with E-state index in [1.807, 2.05) is 48.9 Å². The van der Waals surface area contributed by atoms with Crippen molar-refractivity contribution in [1.82, 2.24) is 15.2 Å². The molecule has 0 bridgehead atoms. The molecule has 0 unspecified atom stereocenters. The highest BCUT2D eigenvalue weighted by Crippen LogP contribution is 2.13. The number of aryl methyl sites for hydroxylation is 1. The van der Waals surface area contributed by atoms with Crippen LogP contribution in [-0.4, -0.2) is 21.9 Å². The van der Waals surface area contributed by atoms with E-state index >= 15 is 0 Å². The molecule has 0 aliphatic rings. The predicted molar refractivity (Wildman–Crippen MR) is 98.7 cm³/mol. The summed E-state index contributed by atoms with van der Waals surface area (Å²) in [5, 5.41) is 8.55. The summed E-state index contributed by atoms with van der Waals surface area (Å²) in [6.07, 6.45) is 1.58. The van der Waals surface area contributed by atoms with Crippen molar-refractivity contribution in [3.05, 3.63) is 88.5 Å². The highest BCUT2D eigenvalue weighted by atomic mass is 19.1. The van der Waals surface area contributed by atoms with Crippen LogP contribution >= 0.6 is 0 Å². The number of hydrazone groups is 1. The first-order chi connectivity index (χ1) is 12.5. The highest BCUT2D eigenvalue weighted by molar-refractivity contribution is 5.95. The second-order valence-electron chi connectivity index (χ2n) is 5.93. The van der Waals surface area contributed by atoms with Gasteiger partial charge in [-0.3, -0.25) is 9.48 Å².